The molecule has 5 N–H and O–H groups in total. The Morgan fingerprint density at radius 3 is 2.70 bits per heavy atom. The third-order valence-electron chi connectivity index (χ3n) is 11.9. The van der Waals surface area contributed by atoms with E-state index in [-0.39, 0.29) is 30.1 Å². The fourth-order valence-electron chi connectivity index (χ4n) is 9.92. The van der Waals surface area contributed by atoms with Crippen LogP contribution in [-0.2, 0) is 32.1 Å². The first-order valence-corrected chi connectivity index (χ1v) is 15.7. The Kier molecular flexibility index (Phi) is 7.03. The number of anilines is 1. The van der Waals surface area contributed by atoms with Gasteiger partial charge >= 0.3 is 0 Å². The molecule has 9 atom stereocenters. The maximum atomic E-state index is 13.8. The van der Waals surface area contributed by atoms with E-state index in [1.165, 1.54) is 0 Å². The fourth-order valence-corrected chi connectivity index (χ4v) is 9.92. The molecule has 1 heterocycles. The minimum atomic E-state index is -1.40. The lowest BCUT2D eigenvalue weighted by molar-refractivity contribution is -0.201. The van der Waals surface area contributed by atoms with Crippen molar-refractivity contribution in [2.75, 3.05) is 12.3 Å². The van der Waals surface area contributed by atoms with Gasteiger partial charge in [0.15, 0.2) is 23.5 Å². The van der Waals surface area contributed by atoms with Gasteiger partial charge in [0.05, 0.1) is 18.8 Å². The van der Waals surface area contributed by atoms with Gasteiger partial charge in [0.1, 0.15) is 6.61 Å². The number of hydrogen-bond acceptors (Lipinski definition) is 8. The first kappa shape index (κ1) is 29.6. The topological polar surface area (TPSA) is 139 Å². The molecule has 0 unspecified atom stereocenters. The van der Waals surface area contributed by atoms with Crippen molar-refractivity contribution in [3.8, 4) is 0 Å². The van der Waals surface area contributed by atoms with Crippen LogP contribution in [0, 0.1) is 28.6 Å². The molecule has 8 nitrogen and oxygen atoms in total. The van der Waals surface area contributed by atoms with Crippen LogP contribution in [0.5, 0.6) is 0 Å². The molecule has 3 saturated carbocycles. The largest absolute Gasteiger partial charge is 0.398 e. The SMILES string of the molecule is C[C@]12C=CC(=O)C=C1CC[C@@H]1[C@@H]2[C@@H](O)C[C@@]2(C)[C@H]1C[C@H]1O[C@@H](c3cccc(Cc4cccc(N)c4CO)c3)O[C@]12C(=O)CO. The summed E-state index contributed by atoms with van der Waals surface area (Å²) in [6.07, 6.45) is 6.28. The Bertz CT molecular complexity index is 1580. The third kappa shape index (κ3) is 4.08. The molecule has 0 spiro atoms. The first-order chi connectivity index (χ1) is 21.1. The Morgan fingerprint density at radius 2 is 1.93 bits per heavy atom. The molecule has 232 valence electrons. The van der Waals surface area contributed by atoms with E-state index < -0.39 is 47.3 Å². The van der Waals surface area contributed by atoms with Gasteiger partial charge in [-0.1, -0.05) is 61.9 Å². The van der Waals surface area contributed by atoms with Crippen LogP contribution in [0.3, 0.4) is 0 Å². The lowest BCUT2D eigenvalue weighted by Crippen LogP contribution is -2.63. The maximum Gasteiger partial charge on any atom is 0.193 e. The summed E-state index contributed by atoms with van der Waals surface area (Å²) in [6, 6.07) is 13.4. The molecule has 2 aromatic carbocycles. The van der Waals surface area contributed by atoms with E-state index in [1.807, 2.05) is 49.4 Å². The van der Waals surface area contributed by atoms with Gasteiger partial charge in [0.25, 0.3) is 0 Å². The summed E-state index contributed by atoms with van der Waals surface area (Å²) in [6.45, 7) is 3.34. The van der Waals surface area contributed by atoms with Crippen molar-refractivity contribution in [2.45, 2.75) is 76.7 Å². The highest BCUT2D eigenvalue weighted by atomic mass is 16.7. The normalized spacial score (nSPS) is 38.8. The van der Waals surface area contributed by atoms with E-state index in [1.54, 1.807) is 18.2 Å². The van der Waals surface area contributed by atoms with Crippen molar-refractivity contribution in [3.05, 3.63) is 88.5 Å². The molecule has 8 heteroatoms. The number of hydrogen-bond donors (Lipinski definition) is 4. The molecule has 1 aliphatic heterocycles. The molecule has 0 bridgehead atoms. The second-order valence-electron chi connectivity index (χ2n) is 13.9. The lowest BCUT2D eigenvalue weighted by Gasteiger charge is -2.59. The van der Waals surface area contributed by atoms with E-state index >= 15 is 0 Å². The molecule has 0 amide bonds. The monoisotopic (exact) mass is 599 g/mol. The molecule has 2 aromatic rings. The third-order valence-corrected chi connectivity index (χ3v) is 11.9. The van der Waals surface area contributed by atoms with Crippen molar-refractivity contribution >= 4 is 17.3 Å². The summed E-state index contributed by atoms with van der Waals surface area (Å²) < 4.78 is 13.4. The van der Waals surface area contributed by atoms with Crippen molar-refractivity contribution in [1.82, 2.24) is 0 Å². The fraction of sp³-hybridized carbons (Fsp3) is 0.500. The molecule has 44 heavy (non-hydrogen) atoms. The summed E-state index contributed by atoms with van der Waals surface area (Å²) >= 11 is 0. The molecule has 1 saturated heterocycles. The summed E-state index contributed by atoms with van der Waals surface area (Å²) in [5.74, 6) is -0.366. The van der Waals surface area contributed by atoms with Crippen molar-refractivity contribution in [2.24, 2.45) is 28.6 Å². The number of ether oxygens (including phenoxy) is 2. The first-order valence-electron chi connectivity index (χ1n) is 15.7. The number of aliphatic hydroxyl groups is 3. The van der Waals surface area contributed by atoms with Crippen molar-refractivity contribution < 1.29 is 34.4 Å². The predicted molar refractivity (Wildman–Crippen MR) is 163 cm³/mol. The Hall–Kier alpha value is -3.14. The van der Waals surface area contributed by atoms with Crippen LogP contribution in [0.4, 0.5) is 5.69 Å². The zero-order valence-corrected chi connectivity index (χ0v) is 25.2. The lowest BCUT2D eigenvalue weighted by atomic mass is 9.46. The van der Waals surface area contributed by atoms with E-state index in [0.29, 0.717) is 30.5 Å². The maximum absolute atomic E-state index is 13.8. The van der Waals surface area contributed by atoms with Crippen LogP contribution in [0.2, 0.25) is 0 Å². The van der Waals surface area contributed by atoms with Gasteiger partial charge in [-0.2, -0.15) is 0 Å². The number of fused-ring (bicyclic) bond motifs is 7. The van der Waals surface area contributed by atoms with Crippen LogP contribution in [0.25, 0.3) is 0 Å². The van der Waals surface area contributed by atoms with Crippen LogP contribution >= 0.6 is 0 Å². The minimum absolute atomic E-state index is 0.00685. The van der Waals surface area contributed by atoms with E-state index in [4.69, 9.17) is 15.2 Å². The molecule has 0 radical (unpaired) electrons. The van der Waals surface area contributed by atoms with Crippen LogP contribution < -0.4 is 5.73 Å². The zero-order valence-electron chi connectivity index (χ0n) is 25.2. The number of nitrogens with two attached hydrogens (primary N) is 1. The molecular formula is C36H41NO7. The van der Waals surface area contributed by atoms with E-state index in [2.05, 4.69) is 6.92 Å². The van der Waals surface area contributed by atoms with E-state index in [0.717, 1.165) is 35.1 Å². The van der Waals surface area contributed by atoms with E-state index in [9.17, 15) is 24.9 Å². The van der Waals surface area contributed by atoms with Crippen molar-refractivity contribution in [3.63, 3.8) is 0 Å². The number of carbonyl (C=O) groups excluding carboxylic acids is 2. The average Bonchev–Trinajstić information content (AvgIpc) is 3.50. The van der Waals surface area contributed by atoms with Gasteiger partial charge in [0.2, 0.25) is 0 Å². The second-order valence-corrected chi connectivity index (χ2v) is 13.9. The number of aliphatic hydroxyl groups excluding tert-OH is 3. The summed E-state index contributed by atoms with van der Waals surface area (Å²) in [5.41, 5.74) is 8.52. The van der Waals surface area contributed by atoms with Gasteiger partial charge < -0.3 is 30.5 Å². The number of Topliss-reactive ketones (excluding diaryl/α,β-unsaturated/α-hetero) is 1. The highest BCUT2D eigenvalue weighted by Crippen LogP contribution is 2.70. The summed E-state index contributed by atoms with van der Waals surface area (Å²) in [4.78, 5) is 26.0. The van der Waals surface area contributed by atoms with Crippen LogP contribution in [0.15, 0.2) is 66.3 Å². The second kappa shape index (κ2) is 10.5. The zero-order chi connectivity index (χ0) is 31.0. The van der Waals surface area contributed by atoms with Crippen LogP contribution in [-0.4, -0.2) is 51.3 Å². The summed E-state index contributed by atoms with van der Waals surface area (Å²) in [7, 11) is 0. The number of benzene rings is 2. The average molecular weight is 600 g/mol. The van der Waals surface area contributed by atoms with Gasteiger partial charge in [-0.15, -0.1) is 0 Å². The highest BCUT2D eigenvalue weighted by molar-refractivity contribution is 6.01. The van der Waals surface area contributed by atoms with Gasteiger partial charge in [-0.25, -0.2) is 0 Å². The van der Waals surface area contributed by atoms with Crippen molar-refractivity contribution in [1.29, 1.82) is 0 Å². The minimum Gasteiger partial charge on any atom is -0.398 e. The quantitative estimate of drug-likeness (QED) is 0.366. The van der Waals surface area contributed by atoms with Crippen LogP contribution in [0.1, 0.15) is 68.1 Å². The molecule has 4 aliphatic carbocycles. The number of allylic oxidation sites excluding steroid dienone is 4. The van der Waals surface area contributed by atoms with Gasteiger partial charge in [-0.05, 0) is 73.3 Å². The number of rotatable bonds is 6. The van der Waals surface area contributed by atoms with Gasteiger partial charge in [-0.3, -0.25) is 9.59 Å². The standard InChI is InChI=1S/C36H41NO7/c1-34-12-11-24(40)15-23(34)9-10-25-27-16-31-36(30(42)19-39,35(27,2)17-29(41)32(25)34)44-33(43-31)22-7-3-5-20(14-22)13-21-6-4-8-28(37)26(21)18-38/h3-8,11-12,14-15,25,27,29,31-33,38-39,41H,9-10,13,16-19,37H2,1-2H3/t25-,27-,29-,31+,32+,33+,34-,35-,36+/m0/s1. The highest BCUT2D eigenvalue weighted by Gasteiger charge is 2.75. The smallest absolute Gasteiger partial charge is 0.193 e. The number of nitrogen functional groups attached to an aromatic ring is 1. The molecule has 4 fully saturated rings. The molecule has 5 aliphatic rings. The number of ketones is 2. The predicted octanol–water partition coefficient (Wildman–Crippen LogP) is 3.95. The Morgan fingerprint density at radius 1 is 1.14 bits per heavy atom. The molecule has 7 rings (SSSR count). The molecule has 0 aromatic heterocycles. The Labute approximate surface area is 257 Å². The number of carbonyl (C=O) groups is 2. The Balaban J connectivity index is 1.20. The van der Waals surface area contributed by atoms with Gasteiger partial charge in [0, 0.05) is 33.6 Å². The summed E-state index contributed by atoms with van der Waals surface area (Å²) in [5, 5.41) is 32.0. The molecular weight excluding hydrogens is 558 g/mol.